The van der Waals surface area contributed by atoms with Crippen LogP contribution in [-0.2, 0) is 16.1 Å². The van der Waals surface area contributed by atoms with E-state index in [0.29, 0.717) is 11.1 Å². The molecule has 1 aliphatic rings. The average molecular weight is 334 g/mol. The Hall–Kier alpha value is -3.46. The number of imide groups is 1. The standard InChI is InChI=1S/C19H14N2O4/c1-12(19(24)25-11-14-7-3-2-6-13(14)10-20)21-17(22)15-8-4-5-9-16(15)18(21)23/h2-9,12H,11H2,1H3/t12-/m1/s1. The van der Waals surface area contributed by atoms with Gasteiger partial charge in [0.25, 0.3) is 11.8 Å². The number of rotatable bonds is 4. The van der Waals surface area contributed by atoms with E-state index in [1.54, 1.807) is 48.5 Å². The van der Waals surface area contributed by atoms with Crippen LogP contribution in [0.15, 0.2) is 48.5 Å². The summed E-state index contributed by atoms with van der Waals surface area (Å²) in [7, 11) is 0. The van der Waals surface area contributed by atoms with Gasteiger partial charge in [0.05, 0.1) is 22.8 Å². The third-order valence-electron chi connectivity index (χ3n) is 4.06. The first-order chi connectivity index (χ1) is 12.0. The zero-order chi connectivity index (χ0) is 18.0. The molecular weight excluding hydrogens is 320 g/mol. The SMILES string of the molecule is C[C@H](C(=O)OCc1ccccc1C#N)N1C(=O)c2ccccc2C1=O. The molecule has 2 aromatic rings. The van der Waals surface area contributed by atoms with Crippen LogP contribution >= 0.6 is 0 Å². The minimum atomic E-state index is -1.05. The number of nitrogens with zero attached hydrogens (tertiary/aromatic N) is 2. The number of nitriles is 1. The highest BCUT2D eigenvalue weighted by Crippen LogP contribution is 2.25. The molecule has 0 unspecified atom stereocenters. The molecule has 1 atom stereocenters. The monoisotopic (exact) mass is 334 g/mol. The molecular formula is C19H14N2O4. The van der Waals surface area contributed by atoms with Gasteiger partial charge in [-0.3, -0.25) is 14.5 Å². The molecule has 25 heavy (non-hydrogen) atoms. The summed E-state index contributed by atoms with van der Waals surface area (Å²) < 4.78 is 5.20. The molecule has 2 amide bonds. The van der Waals surface area contributed by atoms with Crippen LogP contribution in [0.1, 0.15) is 38.8 Å². The number of benzene rings is 2. The summed E-state index contributed by atoms with van der Waals surface area (Å²) >= 11 is 0. The van der Waals surface area contributed by atoms with Crippen molar-refractivity contribution in [3.8, 4) is 6.07 Å². The van der Waals surface area contributed by atoms with Gasteiger partial charge in [0.1, 0.15) is 12.6 Å². The molecule has 0 saturated heterocycles. The lowest BCUT2D eigenvalue weighted by molar-refractivity contribution is -0.149. The van der Waals surface area contributed by atoms with Gasteiger partial charge in [0.2, 0.25) is 0 Å². The molecule has 1 aliphatic heterocycles. The van der Waals surface area contributed by atoms with E-state index in [0.717, 1.165) is 4.90 Å². The Balaban J connectivity index is 1.73. The number of amides is 2. The molecule has 0 radical (unpaired) electrons. The van der Waals surface area contributed by atoms with Gasteiger partial charge in [-0.25, -0.2) is 4.79 Å². The molecule has 0 bridgehead atoms. The smallest absolute Gasteiger partial charge is 0.329 e. The number of carbonyl (C=O) groups is 3. The van der Waals surface area contributed by atoms with E-state index < -0.39 is 23.8 Å². The van der Waals surface area contributed by atoms with Gasteiger partial charge in [-0.1, -0.05) is 30.3 Å². The second kappa shape index (κ2) is 6.57. The van der Waals surface area contributed by atoms with Gasteiger partial charge in [0.15, 0.2) is 0 Å². The fraction of sp³-hybridized carbons (Fsp3) is 0.158. The van der Waals surface area contributed by atoms with Crippen molar-refractivity contribution in [1.82, 2.24) is 4.90 Å². The van der Waals surface area contributed by atoms with E-state index in [4.69, 9.17) is 10.00 Å². The van der Waals surface area contributed by atoms with Crippen LogP contribution in [0.25, 0.3) is 0 Å². The lowest BCUT2D eigenvalue weighted by Crippen LogP contribution is -2.43. The van der Waals surface area contributed by atoms with E-state index in [9.17, 15) is 14.4 Å². The lowest BCUT2D eigenvalue weighted by atomic mass is 10.1. The summed E-state index contributed by atoms with van der Waals surface area (Å²) in [6, 6.07) is 14.1. The largest absolute Gasteiger partial charge is 0.459 e. The summed E-state index contributed by atoms with van der Waals surface area (Å²) in [6.07, 6.45) is 0. The Kier molecular flexibility index (Phi) is 4.31. The molecule has 0 aromatic heterocycles. The highest BCUT2D eigenvalue weighted by Gasteiger charge is 2.41. The maximum atomic E-state index is 12.4. The summed E-state index contributed by atoms with van der Waals surface area (Å²) in [5.41, 5.74) is 1.53. The third-order valence-corrected chi connectivity index (χ3v) is 4.06. The van der Waals surface area contributed by atoms with Gasteiger partial charge in [-0.2, -0.15) is 5.26 Å². The average Bonchev–Trinajstić information content (AvgIpc) is 2.90. The molecule has 124 valence electrons. The second-order valence-corrected chi connectivity index (χ2v) is 5.58. The van der Waals surface area contributed by atoms with E-state index in [1.807, 2.05) is 6.07 Å². The number of esters is 1. The minimum absolute atomic E-state index is 0.101. The maximum Gasteiger partial charge on any atom is 0.329 e. The normalized spacial score (nSPS) is 14.0. The number of hydrogen-bond donors (Lipinski definition) is 0. The Labute approximate surface area is 144 Å². The Bertz CT molecular complexity index is 879. The van der Waals surface area contributed by atoms with Gasteiger partial charge in [0, 0.05) is 5.56 Å². The van der Waals surface area contributed by atoms with Crippen molar-refractivity contribution in [2.24, 2.45) is 0 Å². The van der Waals surface area contributed by atoms with Gasteiger partial charge < -0.3 is 4.74 Å². The quantitative estimate of drug-likeness (QED) is 0.632. The van der Waals surface area contributed by atoms with Crippen molar-refractivity contribution in [2.75, 3.05) is 0 Å². The topological polar surface area (TPSA) is 87.5 Å². The zero-order valence-electron chi connectivity index (χ0n) is 13.4. The molecule has 0 fully saturated rings. The first-order valence-corrected chi connectivity index (χ1v) is 7.66. The molecule has 0 spiro atoms. The molecule has 2 aromatic carbocycles. The molecule has 1 heterocycles. The van der Waals surface area contributed by atoms with Crippen LogP contribution in [0.5, 0.6) is 0 Å². The van der Waals surface area contributed by atoms with Gasteiger partial charge >= 0.3 is 5.97 Å². The number of hydrogen-bond acceptors (Lipinski definition) is 5. The Morgan fingerprint density at radius 2 is 1.64 bits per heavy atom. The van der Waals surface area contributed by atoms with Crippen LogP contribution in [0.4, 0.5) is 0 Å². The van der Waals surface area contributed by atoms with Crippen LogP contribution in [0.2, 0.25) is 0 Å². The lowest BCUT2D eigenvalue weighted by Gasteiger charge is -2.21. The van der Waals surface area contributed by atoms with Crippen molar-refractivity contribution in [3.63, 3.8) is 0 Å². The van der Waals surface area contributed by atoms with Crippen molar-refractivity contribution < 1.29 is 19.1 Å². The Morgan fingerprint density at radius 1 is 1.08 bits per heavy atom. The van der Waals surface area contributed by atoms with E-state index >= 15 is 0 Å². The molecule has 0 saturated carbocycles. The fourth-order valence-electron chi connectivity index (χ4n) is 2.69. The highest BCUT2D eigenvalue weighted by molar-refractivity contribution is 6.22. The van der Waals surface area contributed by atoms with E-state index in [-0.39, 0.29) is 17.7 Å². The van der Waals surface area contributed by atoms with E-state index in [1.165, 1.54) is 6.92 Å². The zero-order valence-corrected chi connectivity index (χ0v) is 13.4. The van der Waals surface area contributed by atoms with Gasteiger partial charge in [-0.05, 0) is 25.1 Å². The maximum absolute atomic E-state index is 12.4. The third kappa shape index (κ3) is 2.88. The summed E-state index contributed by atoms with van der Waals surface area (Å²) in [5, 5.41) is 9.05. The van der Waals surface area contributed by atoms with Crippen LogP contribution < -0.4 is 0 Å². The predicted molar refractivity (Wildman–Crippen MR) is 87.4 cm³/mol. The van der Waals surface area contributed by atoms with Crippen molar-refractivity contribution in [2.45, 2.75) is 19.6 Å². The molecule has 0 N–H and O–H groups in total. The summed E-state index contributed by atoms with van der Waals surface area (Å²) in [5.74, 6) is -1.73. The summed E-state index contributed by atoms with van der Waals surface area (Å²) in [4.78, 5) is 38.0. The van der Waals surface area contributed by atoms with Gasteiger partial charge in [-0.15, -0.1) is 0 Å². The molecule has 3 rings (SSSR count). The summed E-state index contributed by atoms with van der Waals surface area (Å²) in [6.45, 7) is 1.34. The van der Waals surface area contributed by atoms with Crippen molar-refractivity contribution >= 4 is 17.8 Å². The van der Waals surface area contributed by atoms with Crippen LogP contribution in [0.3, 0.4) is 0 Å². The molecule has 6 heteroatoms. The highest BCUT2D eigenvalue weighted by atomic mass is 16.5. The van der Waals surface area contributed by atoms with Crippen molar-refractivity contribution in [3.05, 3.63) is 70.8 Å². The second-order valence-electron chi connectivity index (χ2n) is 5.58. The first kappa shape index (κ1) is 16.4. The minimum Gasteiger partial charge on any atom is -0.459 e. The number of carbonyl (C=O) groups excluding carboxylic acids is 3. The van der Waals surface area contributed by atoms with Crippen molar-refractivity contribution in [1.29, 1.82) is 5.26 Å². The molecule has 6 nitrogen and oxygen atoms in total. The fourth-order valence-corrected chi connectivity index (χ4v) is 2.69. The molecule has 0 aliphatic carbocycles. The van der Waals surface area contributed by atoms with E-state index in [2.05, 4.69) is 0 Å². The number of fused-ring (bicyclic) bond motifs is 1. The van der Waals surface area contributed by atoms with Crippen LogP contribution in [0, 0.1) is 11.3 Å². The first-order valence-electron chi connectivity index (χ1n) is 7.66. The Morgan fingerprint density at radius 3 is 2.24 bits per heavy atom. The van der Waals surface area contributed by atoms with Crippen LogP contribution in [-0.4, -0.2) is 28.7 Å². The number of ether oxygens (including phenoxy) is 1. The predicted octanol–water partition coefficient (Wildman–Crippen LogP) is 2.29.